The lowest BCUT2D eigenvalue weighted by Gasteiger charge is -2.28. The number of nitrogens with one attached hydrogen (secondary N) is 1. The van der Waals surface area contributed by atoms with Gasteiger partial charge in [-0.15, -0.1) is 0 Å². The van der Waals surface area contributed by atoms with Crippen LogP contribution in [0, 0.1) is 11.3 Å². The third-order valence-electron chi connectivity index (χ3n) is 3.82. The minimum Gasteiger partial charge on any atom is -0.318 e. The van der Waals surface area contributed by atoms with Gasteiger partial charge in [-0.25, -0.2) is 0 Å². The van der Waals surface area contributed by atoms with Crippen molar-refractivity contribution in [1.29, 1.82) is 5.26 Å². The molecule has 0 atom stereocenters. The lowest BCUT2D eigenvalue weighted by Crippen LogP contribution is -2.42. The maximum Gasteiger partial charge on any atom is 0.316 e. The Bertz CT molecular complexity index is 791. The third kappa shape index (κ3) is 3.06. The fourth-order valence-corrected chi connectivity index (χ4v) is 2.68. The number of aryl methyl sites for hydroxylation is 1. The van der Waals surface area contributed by atoms with Crippen LogP contribution in [-0.2, 0) is 16.0 Å². The van der Waals surface area contributed by atoms with E-state index in [-0.39, 0.29) is 0 Å². The van der Waals surface area contributed by atoms with Gasteiger partial charge in [-0.3, -0.25) is 9.59 Å². The summed E-state index contributed by atoms with van der Waals surface area (Å²) in [4.78, 5) is 26.2. The zero-order chi connectivity index (χ0) is 16.2. The quantitative estimate of drug-likeness (QED) is 0.823. The zero-order valence-electron chi connectivity index (χ0n) is 12.5. The van der Waals surface area contributed by atoms with Crippen LogP contribution in [0.3, 0.4) is 0 Å². The number of fused-ring (bicyclic) bond motifs is 1. The van der Waals surface area contributed by atoms with Crippen LogP contribution in [0.15, 0.2) is 48.5 Å². The topological polar surface area (TPSA) is 73.2 Å². The molecule has 114 valence electrons. The predicted octanol–water partition coefficient (Wildman–Crippen LogP) is 2.48. The second kappa shape index (κ2) is 6.32. The first-order chi connectivity index (χ1) is 11.2. The lowest BCUT2D eigenvalue weighted by atomic mass is 10.0. The second-order valence-corrected chi connectivity index (χ2v) is 5.33. The first kappa shape index (κ1) is 14.8. The number of carbonyl (C=O) groups excluding carboxylic acids is 2. The van der Waals surface area contributed by atoms with Crippen molar-refractivity contribution in [2.75, 3.05) is 16.8 Å². The molecule has 1 aliphatic heterocycles. The van der Waals surface area contributed by atoms with E-state index in [1.54, 1.807) is 24.3 Å². The van der Waals surface area contributed by atoms with Gasteiger partial charge in [-0.2, -0.15) is 5.26 Å². The Morgan fingerprint density at radius 3 is 2.57 bits per heavy atom. The Balaban J connectivity index is 1.75. The van der Waals surface area contributed by atoms with Gasteiger partial charge in [-0.1, -0.05) is 18.2 Å². The van der Waals surface area contributed by atoms with Crippen LogP contribution >= 0.6 is 0 Å². The van der Waals surface area contributed by atoms with Gasteiger partial charge in [0.2, 0.25) is 0 Å². The number of anilines is 2. The fourth-order valence-electron chi connectivity index (χ4n) is 2.68. The van der Waals surface area contributed by atoms with Crippen molar-refractivity contribution >= 4 is 23.2 Å². The number of nitrogens with zero attached hydrogens (tertiary/aromatic N) is 2. The number of carbonyl (C=O) groups is 2. The van der Waals surface area contributed by atoms with Gasteiger partial charge in [0, 0.05) is 17.9 Å². The Morgan fingerprint density at radius 2 is 1.83 bits per heavy atom. The molecule has 0 aliphatic carbocycles. The van der Waals surface area contributed by atoms with Crippen molar-refractivity contribution in [2.24, 2.45) is 0 Å². The Labute approximate surface area is 134 Å². The van der Waals surface area contributed by atoms with Gasteiger partial charge in [0.15, 0.2) is 0 Å². The molecule has 0 saturated heterocycles. The first-order valence-electron chi connectivity index (χ1n) is 7.40. The van der Waals surface area contributed by atoms with Crippen molar-refractivity contribution in [3.63, 3.8) is 0 Å². The van der Waals surface area contributed by atoms with Crippen molar-refractivity contribution in [3.05, 3.63) is 59.7 Å². The summed E-state index contributed by atoms with van der Waals surface area (Å²) in [6, 6.07) is 16.0. The average molecular weight is 305 g/mol. The summed E-state index contributed by atoms with van der Waals surface area (Å²) < 4.78 is 0. The minimum atomic E-state index is -0.675. The maximum atomic E-state index is 12.4. The Hall–Kier alpha value is -3.13. The van der Waals surface area contributed by atoms with Gasteiger partial charge >= 0.3 is 11.8 Å². The highest BCUT2D eigenvalue weighted by Crippen LogP contribution is 2.26. The zero-order valence-corrected chi connectivity index (χ0v) is 12.5. The summed E-state index contributed by atoms with van der Waals surface area (Å²) in [6.45, 7) is 0.538. The summed E-state index contributed by atoms with van der Waals surface area (Å²) >= 11 is 0. The van der Waals surface area contributed by atoms with Gasteiger partial charge in [-0.05, 0) is 48.7 Å². The molecule has 0 fully saturated rings. The monoisotopic (exact) mass is 305 g/mol. The van der Waals surface area contributed by atoms with E-state index in [2.05, 4.69) is 5.32 Å². The summed E-state index contributed by atoms with van der Waals surface area (Å²) in [6.07, 6.45) is 1.75. The number of nitriles is 1. The molecule has 2 aromatic rings. The van der Waals surface area contributed by atoms with Crippen LogP contribution < -0.4 is 10.2 Å². The number of hydrogen-bond acceptors (Lipinski definition) is 3. The van der Waals surface area contributed by atoms with Crippen molar-refractivity contribution in [3.8, 4) is 6.07 Å². The summed E-state index contributed by atoms with van der Waals surface area (Å²) in [7, 11) is 0. The number of para-hydroxylation sites is 1. The largest absolute Gasteiger partial charge is 0.318 e. The molecule has 1 heterocycles. The molecule has 2 amide bonds. The third-order valence-corrected chi connectivity index (χ3v) is 3.82. The van der Waals surface area contributed by atoms with Gasteiger partial charge < -0.3 is 10.2 Å². The normalized spacial score (nSPS) is 12.9. The molecule has 0 unspecified atom stereocenters. The van der Waals surface area contributed by atoms with Crippen LogP contribution in [-0.4, -0.2) is 18.4 Å². The maximum absolute atomic E-state index is 12.4. The fraction of sp³-hybridized carbons (Fsp3) is 0.167. The van der Waals surface area contributed by atoms with Gasteiger partial charge in [0.1, 0.15) is 0 Å². The van der Waals surface area contributed by atoms with E-state index in [1.165, 1.54) is 4.90 Å². The van der Waals surface area contributed by atoms with Gasteiger partial charge in [0.05, 0.1) is 11.6 Å². The first-order valence-corrected chi connectivity index (χ1v) is 7.40. The summed E-state index contributed by atoms with van der Waals surface area (Å²) in [5, 5.41) is 11.3. The van der Waals surface area contributed by atoms with E-state index in [1.807, 2.05) is 30.3 Å². The molecule has 5 heteroatoms. The molecule has 2 aromatic carbocycles. The molecule has 1 aliphatic rings. The SMILES string of the molecule is N#Cc1ccc(NC(=O)C(=O)N2CCCc3ccccc32)cc1. The number of amides is 2. The molecule has 0 bridgehead atoms. The van der Waals surface area contributed by atoms with Crippen LogP contribution in [0.2, 0.25) is 0 Å². The van der Waals surface area contributed by atoms with E-state index in [0.717, 1.165) is 24.1 Å². The van der Waals surface area contributed by atoms with Gasteiger partial charge in [0.25, 0.3) is 0 Å². The van der Waals surface area contributed by atoms with Crippen molar-refractivity contribution < 1.29 is 9.59 Å². The van der Waals surface area contributed by atoms with E-state index in [4.69, 9.17) is 5.26 Å². The van der Waals surface area contributed by atoms with Crippen molar-refractivity contribution in [1.82, 2.24) is 0 Å². The Kier molecular flexibility index (Phi) is 4.07. The lowest BCUT2D eigenvalue weighted by molar-refractivity contribution is -0.134. The molecular formula is C18H15N3O2. The van der Waals surface area contributed by atoms with Crippen molar-refractivity contribution in [2.45, 2.75) is 12.8 Å². The number of benzene rings is 2. The van der Waals surface area contributed by atoms with E-state index in [9.17, 15) is 9.59 Å². The molecule has 0 saturated carbocycles. The molecule has 0 aromatic heterocycles. The average Bonchev–Trinajstić information content (AvgIpc) is 2.61. The second-order valence-electron chi connectivity index (χ2n) is 5.33. The van der Waals surface area contributed by atoms with E-state index < -0.39 is 11.8 Å². The predicted molar refractivity (Wildman–Crippen MR) is 86.9 cm³/mol. The Morgan fingerprint density at radius 1 is 1.09 bits per heavy atom. The molecular weight excluding hydrogens is 290 g/mol. The summed E-state index contributed by atoms with van der Waals surface area (Å²) in [5.74, 6) is -1.24. The summed E-state index contributed by atoms with van der Waals surface area (Å²) in [5.41, 5.74) is 2.88. The van der Waals surface area contributed by atoms with Crippen LogP contribution in [0.4, 0.5) is 11.4 Å². The highest BCUT2D eigenvalue weighted by molar-refractivity contribution is 6.44. The molecule has 3 rings (SSSR count). The number of hydrogen-bond donors (Lipinski definition) is 1. The van der Waals surface area contributed by atoms with Crippen LogP contribution in [0.5, 0.6) is 0 Å². The molecule has 1 N–H and O–H groups in total. The molecule has 23 heavy (non-hydrogen) atoms. The number of rotatable bonds is 1. The molecule has 5 nitrogen and oxygen atoms in total. The van der Waals surface area contributed by atoms with E-state index >= 15 is 0 Å². The van der Waals surface area contributed by atoms with Crippen LogP contribution in [0.25, 0.3) is 0 Å². The molecule has 0 spiro atoms. The molecule has 0 radical (unpaired) electrons. The highest BCUT2D eigenvalue weighted by Gasteiger charge is 2.27. The highest BCUT2D eigenvalue weighted by atomic mass is 16.2. The minimum absolute atomic E-state index is 0.493. The smallest absolute Gasteiger partial charge is 0.316 e. The van der Waals surface area contributed by atoms with E-state index in [0.29, 0.717) is 17.8 Å². The van der Waals surface area contributed by atoms with Crippen LogP contribution in [0.1, 0.15) is 17.5 Å². The standard InChI is InChI=1S/C18H15N3O2/c19-12-13-7-9-15(10-8-13)20-17(22)18(23)21-11-3-5-14-4-1-2-6-16(14)21/h1-2,4,6-10H,3,5,11H2,(H,20,22).